The fourth-order valence-electron chi connectivity index (χ4n) is 4.68. The highest BCUT2D eigenvalue weighted by Crippen LogP contribution is 2.48. The minimum absolute atomic E-state index is 0.461. The van der Waals surface area contributed by atoms with Crippen LogP contribution in [-0.2, 0) is 23.1 Å². The highest BCUT2D eigenvalue weighted by molar-refractivity contribution is 5.88. The molecule has 0 atom stereocenters. The molecule has 3 aromatic carbocycles. The Kier molecular flexibility index (Phi) is 6.42. The monoisotopic (exact) mass is 480 g/mol. The van der Waals surface area contributed by atoms with Gasteiger partial charge in [-0.05, 0) is 54.9 Å². The van der Waals surface area contributed by atoms with Gasteiger partial charge in [0, 0.05) is 17.5 Å². The van der Waals surface area contributed by atoms with E-state index < -0.39 is 11.4 Å². The van der Waals surface area contributed by atoms with Crippen LogP contribution in [0.2, 0.25) is 0 Å². The van der Waals surface area contributed by atoms with E-state index in [1.165, 1.54) is 5.56 Å². The van der Waals surface area contributed by atoms with Gasteiger partial charge >= 0.3 is 5.97 Å². The largest absolute Gasteiger partial charge is 0.481 e. The number of aryl methyl sites for hydroxylation is 2. The van der Waals surface area contributed by atoms with Crippen molar-refractivity contribution in [2.75, 3.05) is 0 Å². The van der Waals surface area contributed by atoms with Gasteiger partial charge in [-0.3, -0.25) is 4.79 Å². The Balaban J connectivity index is 1.31. The van der Waals surface area contributed by atoms with Gasteiger partial charge in [0.15, 0.2) is 5.76 Å². The number of benzene rings is 3. The highest BCUT2D eigenvalue weighted by Gasteiger charge is 2.51. The number of hydrogen-bond donors (Lipinski definition) is 2. The van der Waals surface area contributed by atoms with Crippen molar-refractivity contribution in [3.05, 3.63) is 101 Å². The second kappa shape index (κ2) is 9.82. The molecule has 6 heteroatoms. The van der Waals surface area contributed by atoms with E-state index in [1.807, 2.05) is 73.7 Å². The summed E-state index contributed by atoms with van der Waals surface area (Å²) < 4.78 is 5.68. The number of nitrogens with zero attached hydrogens (tertiary/aromatic N) is 2. The van der Waals surface area contributed by atoms with Crippen molar-refractivity contribution in [3.8, 4) is 22.5 Å². The molecular weight excluding hydrogens is 452 g/mol. The van der Waals surface area contributed by atoms with Gasteiger partial charge in [-0.15, -0.1) is 0 Å². The molecule has 0 radical (unpaired) electrons. The summed E-state index contributed by atoms with van der Waals surface area (Å²) in [5.74, 6) is -0.0698. The quantitative estimate of drug-likeness (QED) is 0.163. The van der Waals surface area contributed by atoms with Crippen LogP contribution in [0.3, 0.4) is 0 Å². The van der Waals surface area contributed by atoms with Crippen LogP contribution in [0.4, 0.5) is 0 Å². The van der Waals surface area contributed by atoms with Gasteiger partial charge in [0.2, 0.25) is 0 Å². The Morgan fingerprint density at radius 2 is 1.56 bits per heavy atom. The first kappa shape index (κ1) is 23.5. The molecule has 1 aliphatic carbocycles. The van der Waals surface area contributed by atoms with Crippen molar-refractivity contribution in [1.29, 1.82) is 0 Å². The van der Waals surface area contributed by atoms with E-state index in [-0.39, 0.29) is 0 Å². The van der Waals surface area contributed by atoms with E-state index in [0.717, 1.165) is 39.9 Å². The molecule has 1 fully saturated rings. The lowest BCUT2D eigenvalue weighted by Crippen LogP contribution is -2.19. The molecule has 1 aliphatic rings. The Hall–Kier alpha value is -4.19. The third kappa shape index (κ3) is 4.67. The molecule has 4 aromatic rings. The van der Waals surface area contributed by atoms with Gasteiger partial charge in [0.25, 0.3) is 0 Å². The maximum atomic E-state index is 11.6. The van der Waals surface area contributed by atoms with Gasteiger partial charge in [-0.2, -0.15) is 0 Å². The number of aromatic nitrogens is 1. The first-order valence-corrected chi connectivity index (χ1v) is 12.1. The van der Waals surface area contributed by atoms with E-state index in [9.17, 15) is 15.1 Å². The van der Waals surface area contributed by atoms with Gasteiger partial charge in [0.05, 0.1) is 16.8 Å². The normalized spacial score (nSPS) is 14.5. The zero-order chi connectivity index (χ0) is 25.1. The number of carboxylic acid groups (broad SMARTS) is 1. The molecule has 0 bridgehead atoms. The molecule has 5 rings (SSSR count). The van der Waals surface area contributed by atoms with Crippen LogP contribution in [0.25, 0.3) is 22.5 Å². The lowest BCUT2D eigenvalue weighted by Gasteiger charge is -2.11. The maximum absolute atomic E-state index is 11.6. The average Bonchev–Trinajstić information content (AvgIpc) is 3.66. The third-order valence-electron chi connectivity index (χ3n) is 7.13. The predicted molar refractivity (Wildman–Crippen MR) is 138 cm³/mol. The van der Waals surface area contributed by atoms with Crippen LogP contribution in [0, 0.1) is 6.92 Å². The lowest BCUT2D eigenvalue weighted by atomic mass is 9.93. The SMILES string of the molecule is Cc1noc(-c2ccc(-c3ccc(C4(C(=O)O)CC4)cc3)cc2)c1CC(CCc1ccccc1)=NO. The van der Waals surface area contributed by atoms with Crippen molar-refractivity contribution >= 4 is 11.7 Å². The molecule has 1 aromatic heterocycles. The second-order valence-electron chi connectivity index (χ2n) is 9.45. The van der Waals surface area contributed by atoms with Gasteiger partial charge in [-0.25, -0.2) is 0 Å². The van der Waals surface area contributed by atoms with Crippen LogP contribution >= 0.6 is 0 Å². The summed E-state index contributed by atoms with van der Waals surface area (Å²) in [5, 5.41) is 26.9. The third-order valence-corrected chi connectivity index (χ3v) is 7.13. The molecule has 36 heavy (non-hydrogen) atoms. The molecule has 0 amide bonds. The van der Waals surface area contributed by atoms with Crippen molar-refractivity contribution in [2.45, 2.75) is 44.4 Å². The smallest absolute Gasteiger partial charge is 0.314 e. The maximum Gasteiger partial charge on any atom is 0.314 e. The molecule has 1 saturated carbocycles. The summed E-state index contributed by atoms with van der Waals surface area (Å²) in [6.07, 6.45) is 3.29. The van der Waals surface area contributed by atoms with Crippen molar-refractivity contribution < 1.29 is 19.6 Å². The molecule has 0 unspecified atom stereocenters. The van der Waals surface area contributed by atoms with Gasteiger partial charge in [-0.1, -0.05) is 89.2 Å². The Morgan fingerprint density at radius 1 is 0.944 bits per heavy atom. The zero-order valence-electron chi connectivity index (χ0n) is 20.1. The van der Waals surface area contributed by atoms with Crippen LogP contribution in [0.5, 0.6) is 0 Å². The van der Waals surface area contributed by atoms with Crippen LogP contribution in [0.1, 0.15) is 41.6 Å². The predicted octanol–water partition coefficient (Wildman–Crippen LogP) is 6.44. The fraction of sp³-hybridized carbons (Fsp3) is 0.233. The summed E-state index contributed by atoms with van der Waals surface area (Å²) in [4.78, 5) is 11.6. The minimum atomic E-state index is -0.743. The summed E-state index contributed by atoms with van der Waals surface area (Å²) in [6.45, 7) is 1.90. The first-order chi connectivity index (χ1) is 17.5. The van der Waals surface area contributed by atoms with Gasteiger partial charge in [0.1, 0.15) is 0 Å². The molecular formula is C30H28N2O4. The number of carbonyl (C=O) groups is 1. The first-order valence-electron chi connectivity index (χ1n) is 12.1. The Labute approximate surface area is 209 Å². The minimum Gasteiger partial charge on any atom is -0.481 e. The van der Waals surface area contributed by atoms with Crippen LogP contribution in [-0.4, -0.2) is 27.2 Å². The van der Waals surface area contributed by atoms with Crippen LogP contribution in [0.15, 0.2) is 88.5 Å². The van der Waals surface area contributed by atoms with E-state index in [4.69, 9.17) is 4.52 Å². The lowest BCUT2D eigenvalue weighted by molar-refractivity contribution is -0.140. The van der Waals surface area contributed by atoms with Crippen LogP contribution < -0.4 is 0 Å². The van der Waals surface area contributed by atoms with E-state index >= 15 is 0 Å². The Morgan fingerprint density at radius 3 is 2.14 bits per heavy atom. The van der Waals surface area contributed by atoms with E-state index in [1.54, 1.807) is 0 Å². The van der Waals surface area contributed by atoms with Crippen molar-refractivity contribution in [2.24, 2.45) is 5.16 Å². The number of rotatable bonds is 9. The second-order valence-corrected chi connectivity index (χ2v) is 9.45. The number of oxime groups is 1. The molecule has 0 spiro atoms. The summed E-state index contributed by atoms with van der Waals surface area (Å²) in [5.41, 5.74) is 6.69. The number of carboxylic acids is 1. The molecule has 1 heterocycles. The molecule has 182 valence electrons. The molecule has 0 saturated heterocycles. The summed E-state index contributed by atoms with van der Waals surface area (Å²) >= 11 is 0. The van der Waals surface area contributed by atoms with E-state index in [0.29, 0.717) is 37.2 Å². The highest BCUT2D eigenvalue weighted by atomic mass is 16.5. The van der Waals surface area contributed by atoms with Gasteiger partial charge < -0.3 is 14.8 Å². The fourth-order valence-corrected chi connectivity index (χ4v) is 4.68. The topological polar surface area (TPSA) is 95.9 Å². The zero-order valence-corrected chi connectivity index (χ0v) is 20.1. The van der Waals surface area contributed by atoms with E-state index in [2.05, 4.69) is 22.4 Å². The summed E-state index contributed by atoms with van der Waals surface area (Å²) in [6, 6.07) is 26.0. The van der Waals surface area contributed by atoms with Crippen molar-refractivity contribution in [1.82, 2.24) is 5.16 Å². The van der Waals surface area contributed by atoms with Crippen molar-refractivity contribution in [3.63, 3.8) is 0 Å². The Bertz CT molecular complexity index is 1380. The number of hydrogen-bond acceptors (Lipinski definition) is 5. The average molecular weight is 481 g/mol. The molecule has 6 nitrogen and oxygen atoms in total. The standard InChI is InChI=1S/C30H28N2O4/c1-20-27(19-26(31-35)16-7-21-5-3-2-4-6-21)28(36-32-20)24-10-8-22(9-11-24)23-12-14-25(15-13-23)30(17-18-30)29(33)34/h2-6,8-15,35H,7,16-19H2,1H3,(H,33,34). The number of aliphatic carboxylic acids is 1. The summed E-state index contributed by atoms with van der Waals surface area (Å²) in [7, 11) is 0. The molecule has 0 aliphatic heterocycles. The molecule has 2 N–H and O–H groups in total.